The fourth-order valence-corrected chi connectivity index (χ4v) is 1.16. The maximum atomic E-state index is 11.3. The van der Waals surface area contributed by atoms with Crippen molar-refractivity contribution in [3.8, 4) is 0 Å². The van der Waals surface area contributed by atoms with Crippen LogP contribution in [0.3, 0.4) is 0 Å². The highest BCUT2D eigenvalue weighted by atomic mass is 16.6. The van der Waals surface area contributed by atoms with E-state index in [0.717, 1.165) is 6.08 Å². The van der Waals surface area contributed by atoms with Gasteiger partial charge in [-0.2, -0.15) is 0 Å². The molecule has 7 nitrogen and oxygen atoms in total. The van der Waals surface area contributed by atoms with Gasteiger partial charge in [0.05, 0.1) is 0 Å². The minimum atomic E-state index is -0.827. The van der Waals surface area contributed by atoms with E-state index in [-0.39, 0.29) is 5.57 Å². The molecule has 7 heteroatoms. The Balaban J connectivity index is 3.05. The molecule has 1 aliphatic heterocycles. The number of nitrogens with zero attached hydrogens (tertiary/aromatic N) is 2. The third-order valence-corrected chi connectivity index (χ3v) is 1.72. The monoisotopic (exact) mass is 238 g/mol. The first-order valence-corrected chi connectivity index (χ1v) is 4.79. The molecule has 1 aliphatic rings. The molecular weight excluding hydrogens is 226 g/mol. The summed E-state index contributed by atoms with van der Waals surface area (Å²) in [5.41, 5.74) is -1.37. The molecule has 0 fully saturated rings. The SMILES string of the molecule is CC(C)(C)O/C(O)=C/C1=C([N+]#N)C(=O)NC1=O. The molecule has 0 saturated carbocycles. The van der Waals surface area contributed by atoms with Gasteiger partial charge >= 0.3 is 11.6 Å². The number of hydrogen-bond acceptors (Lipinski definition) is 5. The fourth-order valence-electron chi connectivity index (χ4n) is 1.16. The second-order valence-electron chi connectivity index (χ2n) is 4.34. The van der Waals surface area contributed by atoms with Crippen molar-refractivity contribution in [1.29, 1.82) is 5.39 Å². The average Bonchev–Trinajstić information content (AvgIpc) is 2.38. The molecule has 90 valence electrons. The zero-order valence-corrected chi connectivity index (χ0v) is 9.64. The normalized spacial score (nSPS) is 16.9. The lowest BCUT2D eigenvalue weighted by Crippen LogP contribution is -2.23. The van der Waals surface area contributed by atoms with Crippen LogP contribution in [0.4, 0.5) is 0 Å². The summed E-state index contributed by atoms with van der Waals surface area (Å²) in [6.07, 6.45) is 0.931. The molecule has 0 aliphatic carbocycles. The van der Waals surface area contributed by atoms with Gasteiger partial charge in [-0.15, -0.1) is 0 Å². The van der Waals surface area contributed by atoms with Crippen molar-refractivity contribution >= 4 is 11.8 Å². The molecule has 0 aromatic carbocycles. The lowest BCUT2D eigenvalue weighted by Gasteiger charge is -2.19. The topological polar surface area (TPSA) is 104 Å². The first-order chi connectivity index (χ1) is 7.74. The van der Waals surface area contributed by atoms with Crippen molar-refractivity contribution in [3.63, 3.8) is 0 Å². The van der Waals surface area contributed by atoms with Crippen molar-refractivity contribution in [1.82, 2.24) is 5.32 Å². The summed E-state index contributed by atoms with van der Waals surface area (Å²) in [7, 11) is 0. The van der Waals surface area contributed by atoms with E-state index in [1.807, 2.05) is 5.32 Å². The van der Waals surface area contributed by atoms with Gasteiger partial charge in [-0.1, -0.05) is 0 Å². The highest BCUT2D eigenvalue weighted by Crippen LogP contribution is 2.19. The Kier molecular flexibility index (Phi) is 3.18. The molecule has 0 radical (unpaired) electrons. The van der Waals surface area contributed by atoms with E-state index in [1.54, 1.807) is 20.8 Å². The summed E-state index contributed by atoms with van der Waals surface area (Å²) < 4.78 is 5.04. The number of hydrogen-bond donors (Lipinski definition) is 2. The Morgan fingerprint density at radius 3 is 2.47 bits per heavy atom. The minimum absolute atomic E-state index is 0.251. The number of diazo groups is 1. The van der Waals surface area contributed by atoms with E-state index in [1.165, 1.54) is 0 Å². The predicted octanol–water partition coefficient (Wildman–Crippen LogP) is 0.964. The molecule has 0 bridgehead atoms. The summed E-state index contributed by atoms with van der Waals surface area (Å²) >= 11 is 0. The van der Waals surface area contributed by atoms with Crippen LogP contribution in [-0.2, 0) is 14.3 Å². The molecular formula is C10H12N3O4+. The number of ether oxygens (including phenoxy) is 1. The Bertz CT molecular complexity index is 477. The maximum Gasteiger partial charge on any atom is 0.462 e. The molecule has 17 heavy (non-hydrogen) atoms. The van der Waals surface area contributed by atoms with Crippen molar-refractivity contribution in [3.05, 3.63) is 28.3 Å². The molecule has 0 unspecified atom stereocenters. The summed E-state index contributed by atoms with van der Waals surface area (Å²) in [4.78, 5) is 25.1. The second-order valence-corrected chi connectivity index (χ2v) is 4.34. The van der Waals surface area contributed by atoms with Crippen molar-refractivity contribution < 1.29 is 19.4 Å². The van der Waals surface area contributed by atoms with Crippen LogP contribution in [0.1, 0.15) is 20.8 Å². The summed E-state index contributed by atoms with van der Waals surface area (Å²) in [5.74, 6) is -2.13. The van der Waals surface area contributed by atoms with Crippen LogP contribution in [0.15, 0.2) is 23.3 Å². The average molecular weight is 238 g/mol. The second kappa shape index (κ2) is 4.25. The van der Waals surface area contributed by atoms with Crippen molar-refractivity contribution in [2.45, 2.75) is 26.4 Å². The van der Waals surface area contributed by atoms with Crippen molar-refractivity contribution in [2.75, 3.05) is 0 Å². The number of carbonyl (C=O) groups is 2. The van der Waals surface area contributed by atoms with Crippen LogP contribution < -0.4 is 5.32 Å². The van der Waals surface area contributed by atoms with Crippen LogP contribution in [0, 0.1) is 5.39 Å². The van der Waals surface area contributed by atoms with Crippen LogP contribution in [0.2, 0.25) is 0 Å². The Hall–Kier alpha value is -2.36. The van der Waals surface area contributed by atoms with E-state index in [2.05, 4.69) is 4.98 Å². The molecule has 0 spiro atoms. The zero-order chi connectivity index (χ0) is 13.2. The Morgan fingerprint density at radius 2 is 2.00 bits per heavy atom. The smallest absolute Gasteiger partial charge is 0.462 e. The van der Waals surface area contributed by atoms with E-state index in [9.17, 15) is 14.7 Å². The van der Waals surface area contributed by atoms with Gasteiger partial charge in [0.2, 0.25) is 5.39 Å². The van der Waals surface area contributed by atoms with E-state index >= 15 is 0 Å². The lowest BCUT2D eigenvalue weighted by molar-refractivity contribution is -0.124. The van der Waals surface area contributed by atoms with E-state index < -0.39 is 29.1 Å². The standard InChI is InChI=1S/C10H11N3O4/c1-10(2,3)17-6(14)4-5-7(13-11)9(16)12-8(5)15/h4H,1-3H3,(H-,12,14,15,16)/p+1. The molecule has 0 aromatic rings. The van der Waals surface area contributed by atoms with Gasteiger partial charge in [-0.3, -0.25) is 14.9 Å². The molecule has 0 saturated heterocycles. The third-order valence-electron chi connectivity index (χ3n) is 1.72. The highest BCUT2D eigenvalue weighted by Gasteiger charge is 2.40. The Morgan fingerprint density at radius 1 is 1.41 bits per heavy atom. The molecule has 0 aromatic heterocycles. The molecule has 1 rings (SSSR count). The molecule has 2 amide bonds. The zero-order valence-electron chi connectivity index (χ0n) is 9.64. The van der Waals surface area contributed by atoms with E-state index in [4.69, 9.17) is 10.1 Å². The van der Waals surface area contributed by atoms with Gasteiger partial charge in [-0.25, -0.2) is 0 Å². The van der Waals surface area contributed by atoms with Gasteiger partial charge in [0.25, 0.3) is 11.9 Å². The number of nitrogens with one attached hydrogen (secondary N) is 1. The molecule has 2 N–H and O–H groups in total. The minimum Gasteiger partial charge on any atom is -0.481 e. The first kappa shape index (κ1) is 12.7. The summed E-state index contributed by atoms with van der Waals surface area (Å²) in [6, 6.07) is 0. The Labute approximate surface area is 97.4 Å². The third kappa shape index (κ3) is 3.04. The highest BCUT2D eigenvalue weighted by molar-refractivity contribution is 6.21. The largest absolute Gasteiger partial charge is 0.481 e. The number of carbonyl (C=O) groups excluding carboxylic acids is 2. The van der Waals surface area contributed by atoms with Crippen LogP contribution >= 0.6 is 0 Å². The van der Waals surface area contributed by atoms with Crippen molar-refractivity contribution in [2.24, 2.45) is 0 Å². The number of amides is 2. The fraction of sp³-hybridized carbons (Fsp3) is 0.400. The summed E-state index contributed by atoms with van der Waals surface area (Å²) in [5, 5.41) is 19.9. The maximum absolute atomic E-state index is 11.3. The van der Waals surface area contributed by atoms with Gasteiger partial charge in [0.1, 0.15) is 11.2 Å². The lowest BCUT2D eigenvalue weighted by atomic mass is 10.2. The summed E-state index contributed by atoms with van der Waals surface area (Å²) in [6.45, 7) is 5.09. The van der Waals surface area contributed by atoms with Gasteiger partial charge in [-0.05, 0) is 20.8 Å². The first-order valence-electron chi connectivity index (χ1n) is 4.79. The predicted molar refractivity (Wildman–Crippen MR) is 56.8 cm³/mol. The van der Waals surface area contributed by atoms with Crippen LogP contribution in [0.25, 0.3) is 4.98 Å². The van der Waals surface area contributed by atoms with E-state index in [0.29, 0.717) is 0 Å². The van der Waals surface area contributed by atoms with Crippen LogP contribution in [-0.4, -0.2) is 22.5 Å². The number of rotatable bonds is 2. The van der Waals surface area contributed by atoms with Crippen LogP contribution in [0.5, 0.6) is 0 Å². The number of aliphatic hydroxyl groups is 1. The molecule has 0 atom stereocenters. The number of imide groups is 1. The van der Waals surface area contributed by atoms with Gasteiger partial charge in [0.15, 0.2) is 4.98 Å². The molecule has 1 heterocycles. The number of aliphatic hydroxyl groups excluding tert-OH is 1. The quantitative estimate of drug-likeness (QED) is 0.423. The van der Waals surface area contributed by atoms with Gasteiger partial charge in [0, 0.05) is 6.08 Å². The van der Waals surface area contributed by atoms with Gasteiger partial charge < -0.3 is 9.84 Å².